The van der Waals surface area contributed by atoms with Gasteiger partial charge in [0.1, 0.15) is 19.8 Å². The van der Waals surface area contributed by atoms with Crippen molar-refractivity contribution in [3.63, 3.8) is 0 Å². The van der Waals surface area contributed by atoms with E-state index in [-0.39, 0.29) is 6.61 Å². The first-order valence-corrected chi connectivity index (χ1v) is 6.41. The van der Waals surface area contributed by atoms with Gasteiger partial charge in [-0.1, -0.05) is 0 Å². The van der Waals surface area contributed by atoms with Crippen LogP contribution in [0.4, 0.5) is 0 Å². The fraction of sp³-hybridized carbons (Fsp3) is 1.00. The smallest absolute Gasteiger partial charge is 0.133 e. The zero-order valence-electron chi connectivity index (χ0n) is 7.92. The van der Waals surface area contributed by atoms with Gasteiger partial charge in [0.25, 0.3) is 0 Å². The first-order chi connectivity index (χ1) is 6.66. The normalized spacial score (nSPS) is 12.7. The van der Waals surface area contributed by atoms with Crippen LogP contribution in [-0.2, 0) is 22.7 Å². The minimum Gasteiger partial charge on any atom is -0.133 e. The van der Waals surface area contributed by atoms with Crippen LogP contribution in [0.2, 0.25) is 0 Å². The average Bonchev–Trinajstić information content (AvgIpc) is 2.11. The van der Waals surface area contributed by atoms with Crippen LogP contribution in [0, 0.1) is 0 Å². The molecular formula is C6H14O6P2+2. The minimum absolute atomic E-state index is 0.195. The molecule has 0 bridgehead atoms. The molecule has 0 aromatic carbocycles. The van der Waals surface area contributed by atoms with Crippen LogP contribution in [-0.4, -0.2) is 24.7 Å². The standard InChI is InChI=1S/C6H13O6P2/c1-2-10-14(9)12-6-4-3-5-11-13(7)8/h2-6H2,1H3/q+1/p+1. The van der Waals surface area contributed by atoms with Crippen LogP contribution in [0.15, 0.2) is 0 Å². The summed E-state index contributed by atoms with van der Waals surface area (Å²) in [6.07, 6.45) is 1.19. The molecule has 0 radical (unpaired) electrons. The zero-order chi connectivity index (χ0) is 10.8. The number of rotatable bonds is 9. The predicted octanol–water partition coefficient (Wildman–Crippen LogP) is 2.14. The second-order valence-electron chi connectivity index (χ2n) is 2.25. The molecule has 0 aromatic rings. The monoisotopic (exact) mass is 244 g/mol. The number of unbranched alkanes of at least 4 members (excludes halogenated alkanes) is 1. The van der Waals surface area contributed by atoms with Crippen LogP contribution < -0.4 is 0 Å². The van der Waals surface area contributed by atoms with Gasteiger partial charge < -0.3 is 0 Å². The Morgan fingerprint density at radius 3 is 2.14 bits per heavy atom. The lowest BCUT2D eigenvalue weighted by atomic mass is 10.3. The van der Waals surface area contributed by atoms with Crippen molar-refractivity contribution < 1.29 is 27.6 Å². The summed E-state index contributed by atoms with van der Waals surface area (Å²) in [4.78, 5) is 8.26. The van der Waals surface area contributed by atoms with Gasteiger partial charge in [-0.3, -0.25) is 0 Å². The van der Waals surface area contributed by atoms with E-state index in [0.717, 1.165) is 0 Å². The van der Waals surface area contributed by atoms with E-state index in [0.29, 0.717) is 26.1 Å². The first-order valence-electron chi connectivity index (χ1n) is 4.19. The van der Waals surface area contributed by atoms with Gasteiger partial charge in [0, 0.05) is 9.13 Å². The molecule has 0 saturated heterocycles. The Bertz CT molecular complexity index is 185. The fourth-order valence-corrected chi connectivity index (χ4v) is 1.48. The molecule has 1 N–H and O–H groups in total. The molecule has 0 rings (SSSR count). The highest BCUT2D eigenvalue weighted by Crippen LogP contribution is 2.23. The van der Waals surface area contributed by atoms with Crippen LogP contribution in [0.5, 0.6) is 0 Å². The van der Waals surface area contributed by atoms with E-state index >= 15 is 0 Å². The molecule has 0 aromatic heterocycles. The highest BCUT2D eigenvalue weighted by molar-refractivity contribution is 7.33. The van der Waals surface area contributed by atoms with E-state index in [4.69, 9.17) is 9.42 Å². The van der Waals surface area contributed by atoms with E-state index in [1.54, 1.807) is 6.92 Å². The Labute approximate surface area is 84.5 Å². The van der Waals surface area contributed by atoms with Crippen molar-refractivity contribution >= 4 is 16.5 Å². The van der Waals surface area contributed by atoms with Crippen molar-refractivity contribution in [3.8, 4) is 0 Å². The van der Waals surface area contributed by atoms with E-state index in [1.165, 1.54) is 0 Å². The van der Waals surface area contributed by atoms with Crippen molar-refractivity contribution in [2.75, 3.05) is 19.8 Å². The van der Waals surface area contributed by atoms with Gasteiger partial charge in [0.2, 0.25) is 0 Å². The largest absolute Gasteiger partial charge is 0.697 e. The maximum absolute atomic E-state index is 10.8. The molecule has 82 valence electrons. The third-order valence-electron chi connectivity index (χ3n) is 1.17. The van der Waals surface area contributed by atoms with Gasteiger partial charge in [0.05, 0.1) is 0 Å². The summed E-state index contributed by atoms with van der Waals surface area (Å²) in [7, 11) is -4.52. The summed E-state index contributed by atoms with van der Waals surface area (Å²) in [5.74, 6) is 0. The Morgan fingerprint density at radius 2 is 1.64 bits per heavy atom. The van der Waals surface area contributed by atoms with Gasteiger partial charge in [-0.2, -0.15) is 0 Å². The van der Waals surface area contributed by atoms with E-state index in [1.807, 2.05) is 0 Å². The summed E-state index contributed by atoms with van der Waals surface area (Å²) in [5.41, 5.74) is 0. The topological polar surface area (TPSA) is 82.1 Å². The lowest BCUT2D eigenvalue weighted by Crippen LogP contribution is -1.93. The number of hydrogen-bond acceptors (Lipinski definition) is 5. The van der Waals surface area contributed by atoms with Crippen LogP contribution in [0.3, 0.4) is 0 Å². The lowest BCUT2D eigenvalue weighted by molar-refractivity contribution is 0.218. The van der Waals surface area contributed by atoms with Crippen molar-refractivity contribution in [1.29, 1.82) is 0 Å². The quantitative estimate of drug-likeness (QED) is 0.494. The van der Waals surface area contributed by atoms with Crippen molar-refractivity contribution in [2.45, 2.75) is 19.8 Å². The highest BCUT2D eigenvalue weighted by atomic mass is 31.1. The third-order valence-corrected chi connectivity index (χ3v) is 2.44. The Balaban J connectivity index is 3.13. The predicted molar refractivity (Wildman–Crippen MR) is 50.2 cm³/mol. The van der Waals surface area contributed by atoms with Gasteiger partial charge in [-0.15, -0.1) is 18.5 Å². The molecule has 0 aliphatic carbocycles. The Morgan fingerprint density at radius 1 is 1.07 bits per heavy atom. The molecule has 0 amide bonds. The molecule has 0 spiro atoms. The van der Waals surface area contributed by atoms with E-state index in [2.05, 4.69) is 9.05 Å². The molecule has 2 unspecified atom stereocenters. The second kappa shape index (κ2) is 9.59. The molecular weight excluding hydrogens is 230 g/mol. The lowest BCUT2D eigenvalue weighted by Gasteiger charge is -1.90. The molecule has 0 fully saturated rings. The molecule has 6 nitrogen and oxygen atoms in total. The minimum atomic E-state index is -2.51. The average molecular weight is 244 g/mol. The molecule has 0 aliphatic rings. The summed E-state index contributed by atoms with van der Waals surface area (Å²) >= 11 is 0. The van der Waals surface area contributed by atoms with Crippen molar-refractivity contribution in [2.24, 2.45) is 0 Å². The molecule has 0 heterocycles. The SMILES string of the molecule is CCO[P+](=O)OCCCCO[P+](=O)O. The molecule has 2 atom stereocenters. The van der Waals surface area contributed by atoms with Crippen LogP contribution in [0.25, 0.3) is 0 Å². The second-order valence-corrected chi connectivity index (χ2v) is 3.95. The third kappa shape index (κ3) is 10.1. The maximum atomic E-state index is 10.8. The Hall–Kier alpha value is 0.0400. The molecule has 0 aliphatic heterocycles. The van der Waals surface area contributed by atoms with Crippen LogP contribution >= 0.6 is 16.5 Å². The summed E-state index contributed by atoms with van der Waals surface area (Å²) in [6.45, 7) is 2.56. The first kappa shape index (κ1) is 14.0. The van der Waals surface area contributed by atoms with Crippen LogP contribution in [0.1, 0.15) is 19.8 Å². The summed E-state index contributed by atoms with van der Waals surface area (Å²) in [5, 5.41) is 0. The van der Waals surface area contributed by atoms with Crippen molar-refractivity contribution in [1.82, 2.24) is 0 Å². The van der Waals surface area contributed by atoms with E-state index in [9.17, 15) is 9.13 Å². The van der Waals surface area contributed by atoms with Gasteiger partial charge in [-0.05, 0) is 19.8 Å². The summed E-state index contributed by atoms with van der Waals surface area (Å²) < 4.78 is 34.7. The highest BCUT2D eigenvalue weighted by Gasteiger charge is 2.18. The van der Waals surface area contributed by atoms with Gasteiger partial charge in [0.15, 0.2) is 0 Å². The maximum Gasteiger partial charge on any atom is 0.697 e. The molecule has 14 heavy (non-hydrogen) atoms. The number of hydrogen-bond donors (Lipinski definition) is 1. The molecule has 8 heteroatoms. The fourth-order valence-electron chi connectivity index (χ4n) is 0.629. The van der Waals surface area contributed by atoms with Gasteiger partial charge in [-0.25, -0.2) is 0 Å². The summed E-state index contributed by atoms with van der Waals surface area (Å²) in [6, 6.07) is 0. The van der Waals surface area contributed by atoms with Crippen molar-refractivity contribution in [3.05, 3.63) is 0 Å². The Kier molecular flexibility index (Phi) is 9.62. The zero-order valence-corrected chi connectivity index (χ0v) is 9.71. The van der Waals surface area contributed by atoms with E-state index < -0.39 is 16.5 Å². The molecule has 0 saturated carbocycles. The van der Waals surface area contributed by atoms with Gasteiger partial charge >= 0.3 is 16.5 Å².